The molecule has 0 amide bonds. The van der Waals surface area contributed by atoms with Gasteiger partial charge in [-0.2, -0.15) is 0 Å². The van der Waals surface area contributed by atoms with Gasteiger partial charge in [0, 0.05) is 11.1 Å². The fourth-order valence-corrected chi connectivity index (χ4v) is 2.28. The predicted octanol–water partition coefficient (Wildman–Crippen LogP) is 4.45. The summed E-state index contributed by atoms with van der Waals surface area (Å²) in [5.74, 6) is -0.0316. The van der Waals surface area contributed by atoms with E-state index in [-0.39, 0.29) is 5.78 Å². The molecule has 0 saturated heterocycles. The Morgan fingerprint density at radius 2 is 1.17 bits per heavy atom. The van der Waals surface area contributed by atoms with Gasteiger partial charge in [0.15, 0.2) is 5.78 Å². The van der Waals surface area contributed by atoms with Gasteiger partial charge in [0.25, 0.3) is 0 Å². The van der Waals surface area contributed by atoms with Crippen LogP contribution in [-0.4, -0.2) is 11.8 Å². The molecule has 0 heterocycles. The van der Waals surface area contributed by atoms with Crippen molar-refractivity contribution in [3.8, 4) is 5.75 Å². The average Bonchev–Trinajstić information content (AvgIpc) is 2.63. The molecule has 0 radical (unpaired) electrons. The van der Waals surface area contributed by atoms with E-state index in [2.05, 4.69) is 0 Å². The zero-order chi connectivity index (χ0) is 16.9. The number of aryl methyl sites for hydroxylation is 1. The molecule has 0 fully saturated rings. The smallest absolute Gasteiger partial charge is 0.343 e. The quantitative estimate of drug-likeness (QED) is 0.406. The lowest BCUT2D eigenvalue weighted by Crippen LogP contribution is -2.09. The highest BCUT2D eigenvalue weighted by Gasteiger charge is 2.12. The van der Waals surface area contributed by atoms with Gasteiger partial charge in [-0.3, -0.25) is 4.79 Å². The van der Waals surface area contributed by atoms with Crippen molar-refractivity contribution in [2.45, 2.75) is 6.92 Å². The van der Waals surface area contributed by atoms with E-state index in [1.807, 2.05) is 25.1 Å². The first kappa shape index (κ1) is 15.7. The van der Waals surface area contributed by atoms with E-state index in [0.29, 0.717) is 22.4 Å². The molecule has 0 atom stereocenters. The van der Waals surface area contributed by atoms with E-state index < -0.39 is 5.97 Å². The molecule has 0 saturated carbocycles. The minimum Gasteiger partial charge on any atom is -0.423 e. The van der Waals surface area contributed by atoms with Gasteiger partial charge in [-0.15, -0.1) is 0 Å². The maximum atomic E-state index is 12.4. The van der Waals surface area contributed by atoms with Crippen LogP contribution in [0, 0.1) is 6.92 Å². The lowest BCUT2D eigenvalue weighted by atomic mass is 10.0. The zero-order valence-electron chi connectivity index (χ0n) is 13.2. The monoisotopic (exact) mass is 316 g/mol. The number of carbonyl (C=O) groups is 2. The van der Waals surface area contributed by atoms with Crippen LogP contribution in [0.1, 0.15) is 31.8 Å². The van der Waals surface area contributed by atoms with Crippen molar-refractivity contribution >= 4 is 11.8 Å². The van der Waals surface area contributed by atoms with E-state index in [1.165, 1.54) is 0 Å². The molecule has 118 valence electrons. The average molecular weight is 316 g/mol. The van der Waals surface area contributed by atoms with Crippen LogP contribution in [0.25, 0.3) is 0 Å². The summed E-state index contributed by atoms with van der Waals surface area (Å²) < 4.78 is 5.27. The number of para-hydroxylation sites is 1. The third-order valence-corrected chi connectivity index (χ3v) is 3.65. The Hall–Kier alpha value is -3.20. The molecule has 3 heteroatoms. The number of benzene rings is 3. The van der Waals surface area contributed by atoms with Crippen molar-refractivity contribution in [2.24, 2.45) is 0 Å². The highest BCUT2D eigenvalue weighted by molar-refractivity contribution is 6.09. The summed E-state index contributed by atoms with van der Waals surface area (Å²) in [6.07, 6.45) is 0. The summed E-state index contributed by atoms with van der Waals surface area (Å²) in [5, 5.41) is 0. The maximum absolute atomic E-state index is 12.4. The molecular formula is C21H16O3. The van der Waals surface area contributed by atoms with Crippen LogP contribution < -0.4 is 4.74 Å². The summed E-state index contributed by atoms with van der Waals surface area (Å²) >= 11 is 0. The molecule has 3 rings (SSSR count). The van der Waals surface area contributed by atoms with E-state index in [1.54, 1.807) is 60.7 Å². The molecule has 0 spiro atoms. The van der Waals surface area contributed by atoms with Gasteiger partial charge in [0.1, 0.15) is 5.75 Å². The number of hydrogen-bond donors (Lipinski definition) is 0. The van der Waals surface area contributed by atoms with Crippen LogP contribution in [0.5, 0.6) is 5.75 Å². The molecule has 0 aromatic heterocycles. The molecule has 24 heavy (non-hydrogen) atoms. The van der Waals surface area contributed by atoms with Crippen LogP contribution in [-0.2, 0) is 0 Å². The highest BCUT2D eigenvalue weighted by Crippen LogP contribution is 2.15. The van der Waals surface area contributed by atoms with E-state index >= 15 is 0 Å². The Kier molecular flexibility index (Phi) is 4.52. The fourth-order valence-electron chi connectivity index (χ4n) is 2.28. The number of carbonyl (C=O) groups excluding carboxylic acids is 2. The molecule has 0 bridgehead atoms. The number of ketones is 1. The molecule has 0 aliphatic heterocycles. The Morgan fingerprint density at radius 3 is 1.75 bits per heavy atom. The molecule has 0 aliphatic rings. The zero-order valence-corrected chi connectivity index (χ0v) is 13.2. The largest absolute Gasteiger partial charge is 0.423 e. The first-order valence-corrected chi connectivity index (χ1v) is 7.62. The van der Waals surface area contributed by atoms with Crippen molar-refractivity contribution in [3.63, 3.8) is 0 Å². The summed E-state index contributed by atoms with van der Waals surface area (Å²) in [5.41, 5.74) is 2.67. The van der Waals surface area contributed by atoms with E-state index in [4.69, 9.17) is 4.74 Å². The van der Waals surface area contributed by atoms with Crippen LogP contribution >= 0.6 is 0 Å². The Morgan fingerprint density at radius 1 is 0.667 bits per heavy atom. The van der Waals surface area contributed by atoms with Gasteiger partial charge in [0.2, 0.25) is 0 Å². The Balaban J connectivity index is 1.74. The van der Waals surface area contributed by atoms with Gasteiger partial charge in [0.05, 0.1) is 5.56 Å². The highest BCUT2D eigenvalue weighted by atomic mass is 16.5. The molecule has 0 unspecified atom stereocenters. The fraction of sp³-hybridized carbons (Fsp3) is 0.0476. The SMILES string of the molecule is Cc1ccc(C(=O)c2ccc(C(=O)Oc3ccccc3)cc2)cc1. The number of rotatable bonds is 4. The van der Waals surface area contributed by atoms with Crippen LogP contribution in [0.4, 0.5) is 0 Å². The summed E-state index contributed by atoms with van der Waals surface area (Å²) in [7, 11) is 0. The Bertz CT molecular complexity index is 848. The maximum Gasteiger partial charge on any atom is 0.343 e. The van der Waals surface area contributed by atoms with E-state index in [0.717, 1.165) is 5.56 Å². The molecular weight excluding hydrogens is 300 g/mol. The van der Waals surface area contributed by atoms with Gasteiger partial charge in [-0.1, -0.05) is 60.2 Å². The summed E-state index contributed by atoms with van der Waals surface area (Å²) in [6.45, 7) is 1.97. The minimum atomic E-state index is -0.449. The van der Waals surface area contributed by atoms with Crippen molar-refractivity contribution in [1.29, 1.82) is 0 Å². The first-order chi connectivity index (χ1) is 11.6. The second kappa shape index (κ2) is 6.92. The van der Waals surface area contributed by atoms with Crippen molar-refractivity contribution in [1.82, 2.24) is 0 Å². The van der Waals surface area contributed by atoms with Crippen LogP contribution in [0.15, 0.2) is 78.9 Å². The van der Waals surface area contributed by atoms with Gasteiger partial charge in [-0.25, -0.2) is 4.79 Å². The lowest BCUT2D eigenvalue weighted by molar-refractivity contribution is 0.0734. The molecule has 0 N–H and O–H groups in total. The third kappa shape index (κ3) is 3.58. The standard InChI is InChI=1S/C21H16O3/c1-15-7-9-16(10-8-15)20(22)17-11-13-18(14-12-17)21(23)24-19-5-3-2-4-6-19/h2-14H,1H3. The minimum absolute atomic E-state index is 0.0713. The van der Waals surface area contributed by atoms with Gasteiger partial charge >= 0.3 is 5.97 Å². The lowest BCUT2D eigenvalue weighted by Gasteiger charge is -2.05. The molecule has 3 aromatic rings. The van der Waals surface area contributed by atoms with Gasteiger partial charge < -0.3 is 4.74 Å². The second-order valence-electron chi connectivity index (χ2n) is 5.48. The molecule has 0 aliphatic carbocycles. The number of ether oxygens (including phenoxy) is 1. The molecule has 3 aromatic carbocycles. The van der Waals surface area contributed by atoms with Crippen molar-refractivity contribution < 1.29 is 14.3 Å². The summed E-state index contributed by atoms with van der Waals surface area (Å²) in [6, 6.07) is 22.8. The number of hydrogen-bond acceptors (Lipinski definition) is 3. The summed E-state index contributed by atoms with van der Waals surface area (Å²) in [4.78, 5) is 24.5. The van der Waals surface area contributed by atoms with Crippen LogP contribution in [0.2, 0.25) is 0 Å². The predicted molar refractivity (Wildman–Crippen MR) is 92.5 cm³/mol. The number of esters is 1. The normalized spacial score (nSPS) is 10.2. The van der Waals surface area contributed by atoms with Crippen molar-refractivity contribution in [2.75, 3.05) is 0 Å². The topological polar surface area (TPSA) is 43.4 Å². The Labute approximate surface area is 140 Å². The first-order valence-electron chi connectivity index (χ1n) is 7.62. The second-order valence-corrected chi connectivity index (χ2v) is 5.48. The van der Waals surface area contributed by atoms with Crippen LogP contribution in [0.3, 0.4) is 0 Å². The van der Waals surface area contributed by atoms with Gasteiger partial charge in [-0.05, 0) is 31.2 Å². The third-order valence-electron chi connectivity index (χ3n) is 3.65. The van der Waals surface area contributed by atoms with E-state index in [9.17, 15) is 9.59 Å². The molecule has 3 nitrogen and oxygen atoms in total. The van der Waals surface area contributed by atoms with Crippen molar-refractivity contribution in [3.05, 3.63) is 101 Å².